The third-order valence-corrected chi connectivity index (χ3v) is 7.20. The predicted octanol–water partition coefficient (Wildman–Crippen LogP) is 4.89. The summed E-state index contributed by atoms with van der Waals surface area (Å²) >= 11 is 7.32. The summed E-state index contributed by atoms with van der Waals surface area (Å²) in [5.74, 6) is -1.05. The Kier molecular flexibility index (Phi) is 6.84. The van der Waals surface area contributed by atoms with Crippen LogP contribution in [0.15, 0.2) is 63.5 Å². The minimum Gasteiger partial charge on any atom is -0.463 e. The van der Waals surface area contributed by atoms with Crippen LogP contribution in [-0.4, -0.2) is 17.1 Å². The highest BCUT2D eigenvalue weighted by molar-refractivity contribution is 7.07. The van der Waals surface area contributed by atoms with E-state index in [1.54, 1.807) is 19.9 Å². The van der Waals surface area contributed by atoms with E-state index in [2.05, 4.69) is 25.8 Å². The monoisotopic (exact) mass is 512 g/mol. The maximum absolute atomic E-state index is 14.4. The first kappa shape index (κ1) is 25.1. The van der Waals surface area contributed by atoms with Crippen LogP contribution in [0.25, 0.3) is 6.08 Å². The van der Waals surface area contributed by atoms with Crippen LogP contribution in [0.2, 0.25) is 5.02 Å². The number of hydrogen-bond donors (Lipinski definition) is 0. The van der Waals surface area contributed by atoms with Gasteiger partial charge in [0.15, 0.2) is 4.80 Å². The van der Waals surface area contributed by atoms with Crippen molar-refractivity contribution in [2.75, 3.05) is 6.61 Å². The number of halogens is 2. The van der Waals surface area contributed by atoms with Gasteiger partial charge in [0, 0.05) is 5.56 Å². The summed E-state index contributed by atoms with van der Waals surface area (Å²) in [5.41, 5.74) is 2.36. The van der Waals surface area contributed by atoms with Crippen LogP contribution in [-0.2, 0) is 14.9 Å². The quantitative estimate of drug-likeness (QED) is 0.468. The number of carbonyl (C=O) groups is 1. The van der Waals surface area contributed by atoms with Crippen LogP contribution < -0.4 is 14.9 Å². The molecule has 0 bridgehead atoms. The summed E-state index contributed by atoms with van der Waals surface area (Å²) < 4.78 is 21.5. The molecule has 0 spiro atoms. The summed E-state index contributed by atoms with van der Waals surface area (Å²) in [6.07, 6.45) is 1.44. The molecule has 1 aromatic heterocycles. The third-order valence-electron chi connectivity index (χ3n) is 5.88. The Balaban J connectivity index is 1.96. The summed E-state index contributed by atoms with van der Waals surface area (Å²) in [6.45, 7) is 10.0. The van der Waals surface area contributed by atoms with E-state index in [9.17, 15) is 14.0 Å². The van der Waals surface area contributed by atoms with Gasteiger partial charge in [-0.05, 0) is 48.6 Å². The zero-order valence-electron chi connectivity index (χ0n) is 20.2. The van der Waals surface area contributed by atoms with Crippen molar-refractivity contribution in [1.29, 1.82) is 0 Å². The molecule has 3 aromatic rings. The smallest absolute Gasteiger partial charge is 0.338 e. The van der Waals surface area contributed by atoms with E-state index in [0.717, 1.165) is 22.5 Å². The number of rotatable bonds is 4. The van der Waals surface area contributed by atoms with Gasteiger partial charge >= 0.3 is 5.97 Å². The van der Waals surface area contributed by atoms with Crippen molar-refractivity contribution >= 4 is 35.0 Å². The summed E-state index contributed by atoms with van der Waals surface area (Å²) in [6, 6.07) is 11.5. The molecule has 4 rings (SSSR count). The van der Waals surface area contributed by atoms with Gasteiger partial charge in [-0.1, -0.05) is 74.0 Å². The Morgan fingerprint density at radius 3 is 2.51 bits per heavy atom. The second-order valence-corrected chi connectivity index (χ2v) is 10.7. The molecule has 0 unspecified atom stereocenters. The van der Waals surface area contributed by atoms with Crippen molar-refractivity contribution < 1.29 is 13.9 Å². The Morgan fingerprint density at radius 1 is 1.23 bits per heavy atom. The highest BCUT2D eigenvalue weighted by atomic mass is 35.5. The van der Waals surface area contributed by atoms with Crippen LogP contribution >= 0.6 is 22.9 Å². The molecule has 0 radical (unpaired) electrons. The standard InChI is InChI=1S/C27H26ClFN2O3S/c1-6-34-25(33)22-15(2)30-26-31(23(22)16-10-12-17(13-11-16)27(3,4)5)24(32)21(35-26)14-18-19(28)8-7-9-20(18)29/h7-14,23H,6H2,1-5H3/b21-14-/t23-/m1/s1. The molecule has 1 aliphatic rings. The second-order valence-electron chi connectivity index (χ2n) is 9.31. The highest BCUT2D eigenvalue weighted by Gasteiger charge is 2.33. The fraction of sp³-hybridized carbons (Fsp3) is 0.296. The molecule has 1 atom stereocenters. The first-order valence-corrected chi connectivity index (χ1v) is 12.5. The number of thiazole rings is 1. The number of fused-ring (bicyclic) bond motifs is 1. The molecular weight excluding hydrogens is 487 g/mol. The van der Waals surface area contributed by atoms with Gasteiger partial charge in [-0.3, -0.25) is 9.36 Å². The zero-order chi connectivity index (χ0) is 25.5. The number of ether oxygens (including phenoxy) is 1. The minimum absolute atomic E-state index is 0.0539. The second kappa shape index (κ2) is 9.55. The van der Waals surface area contributed by atoms with Crippen LogP contribution in [0.3, 0.4) is 0 Å². The van der Waals surface area contributed by atoms with E-state index in [4.69, 9.17) is 16.3 Å². The van der Waals surface area contributed by atoms with Gasteiger partial charge in [0.05, 0.1) is 33.5 Å². The highest BCUT2D eigenvalue weighted by Crippen LogP contribution is 2.32. The van der Waals surface area contributed by atoms with Crippen molar-refractivity contribution in [2.24, 2.45) is 4.99 Å². The van der Waals surface area contributed by atoms with Crippen LogP contribution in [0.1, 0.15) is 57.4 Å². The summed E-state index contributed by atoms with van der Waals surface area (Å²) in [4.78, 5) is 31.6. The molecule has 0 saturated carbocycles. The van der Waals surface area contributed by atoms with E-state index in [1.165, 1.54) is 22.8 Å². The number of hydrogen-bond acceptors (Lipinski definition) is 5. The van der Waals surface area contributed by atoms with Gasteiger partial charge in [-0.2, -0.15) is 0 Å². The van der Waals surface area contributed by atoms with Crippen molar-refractivity contribution in [2.45, 2.75) is 46.1 Å². The molecule has 0 amide bonds. The Hall–Kier alpha value is -3.03. The Labute approximate surface area is 211 Å². The van der Waals surface area contributed by atoms with Crippen molar-refractivity contribution in [3.05, 3.63) is 101 Å². The lowest BCUT2D eigenvalue weighted by Gasteiger charge is -2.26. The molecule has 35 heavy (non-hydrogen) atoms. The topological polar surface area (TPSA) is 60.7 Å². The van der Waals surface area contributed by atoms with Crippen molar-refractivity contribution in [1.82, 2.24) is 4.57 Å². The molecule has 0 saturated heterocycles. The van der Waals surface area contributed by atoms with Gasteiger partial charge in [-0.25, -0.2) is 14.2 Å². The zero-order valence-corrected chi connectivity index (χ0v) is 21.8. The average Bonchev–Trinajstić information content (AvgIpc) is 3.09. The molecule has 8 heteroatoms. The molecule has 0 aliphatic carbocycles. The number of benzene rings is 2. The largest absolute Gasteiger partial charge is 0.463 e. The number of allylic oxidation sites excluding steroid dienone is 1. The normalized spacial score (nSPS) is 16.2. The number of aromatic nitrogens is 1. The molecule has 5 nitrogen and oxygen atoms in total. The third kappa shape index (κ3) is 4.75. The fourth-order valence-electron chi connectivity index (χ4n) is 4.05. The molecule has 2 aromatic carbocycles. The number of esters is 1. The lowest BCUT2D eigenvalue weighted by molar-refractivity contribution is -0.139. The van der Waals surface area contributed by atoms with E-state index in [1.807, 2.05) is 24.3 Å². The Bertz CT molecular complexity index is 1490. The van der Waals surface area contributed by atoms with Gasteiger partial charge in [0.25, 0.3) is 5.56 Å². The van der Waals surface area contributed by atoms with Gasteiger partial charge in [-0.15, -0.1) is 0 Å². The van der Waals surface area contributed by atoms with Gasteiger partial charge < -0.3 is 4.74 Å². The molecule has 1 aliphatic heterocycles. The van der Waals surface area contributed by atoms with E-state index >= 15 is 0 Å². The number of carbonyl (C=O) groups excluding carboxylic acids is 1. The first-order chi connectivity index (χ1) is 16.5. The molecule has 0 N–H and O–H groups in total. The molecule has 0 fully saturated rings. The predicted molar refractivity (Wildman–Crippen MR) is 137 cm³/mol. The van der Waals surface area contributed by atoms with E-state index in [-0.39, 0.29) is 32.7 Å². The van der Waals surface area contributed by atoms with Crippen LogP contribution in [0.5, 0.6) is 0 Å². The fourth-order valence-corrected chi connectivity index (χ4v) is 5.30. The van der Waals surface area contributed by atoms with Gasteiger partial charge in [0.2, 0.25) is 0 Å². The van der Waals surface area contributed by atoms with Crippen LogP contribution in [0.4, 0.5) is 4.39 Å². The summed E-state index contributed by atoms with van der Waals surface area (Å²) in [5, 5.41) is 0.202. The Morgan fingerprint density at radius 2 is 1.91 bits per heavy atom. The van der Waals surface area contributed by atoms with Crippen molar-refractivity contribution in [3.8, 4) is 0 Å². The summed E-state index contributed by atoms with van der Waals surface area (Å²) in [7, 11) is 0. The lowest BCUT2D eigenvalue weighted by atomic mass is 9.85. The minimum atomic E-state index is -0.724. The van der Waals surface area contributed by atoms with E-state index in [0.29, 0.717) is 16.1 Å². The average molecular weight is 513 g/mol. The number of nitrogens with zero attached hydrogens (tertiary/aromatic N) is 2. The van der Waals surface area contributed by atoms with Crippen LogP contribution in [0, 0.1) is 5.82 Å². The maximum Gasteiger partial charge on any atom is 0.338 e. The molecule has 182 valence electrons. The molecular formula is C27H26ClFN2O3S. The van der Waals surface area contributed by atoms with Crippen molar-refractivity contribution in [3.63, 3.8) is 0 Å². The maximum atomic E-state index is 14.4. The first-order valence-electron chi connectivity index (χ1n) is 11.3. The van der Waals surface area contributed by atoms with Gasteiger partial charge in [0.1, 0.15) is 5.82 Å². The molecule has 2 heterocycles. The SMILES string of the molecule is CCOC(=O)C1=C(C)N=c2s/c(=C\c3c(F)cccc3Cl)c(=O)n2[C@@H]1c1ccc(C(C)(C)C)cc1. The van der Waals surface area contributed by atoms with E-state index < -0.39 is 17.8 Å². The lowest BCUT2D eigenvalue weighted by Crippen LogP contribution is -2.40.